The third-order valence-corrected chi connectivity index (χ3v) is 8.56. The monoisotopic (exact) mass is 399 g/mol. The maximum absolute atomic E-state index is 13.3. The Labute approximate surface area is 173 Å². The third-order valence-electron chi connectivity index (χ3n) is 8.56. The van der Waals surface area contributed by atoms with E-state index in [-0.39, 0.29) is 29.0 Å². The van der Waals surface area contributed by atoms with Crippen LogP contribution in [0.4, 0.5) is 0 Å². The molecule has 0 aromatic heterocycles. The van der Waals surface area contributed by atoms with Gasteiger partial charge in [-0.3, -0.25) is 9.69 Å². The molecule has 1 aliphatic heterocycles. The van der Waals surface area contributed by atoms with Gasteiger partial charge < -0.3 is 14.6 Å². The van der Waals surface area contributed by atoms with Gasteiger partial charge in [-0.05, 0) is 74.6 Å². The largest absolute Gasteiger partial charge is 0.504 e. The highest BCUT2D eigenvalue weighted by molar-refractivity contribution is 5.88. The molecule has 0 radical (unpaired) electrons. The zero-order chi connectivity index (χ0) is 20.5. The molecular weight excluding hydrogens is 366 g/mol. The van der Waals surface area contributed by atoms with Crippen LogP contribution in [0.25, 0.3) is 0 Å². The number of benzene rings is 1. The SMILES string of the molecule is COc1cc(C)c2c(c1O)[C@@]13CCN(CC4CC4)C(C2)C1CC(OC)C(=O)C3C. The predicted octanol–water partition coefficient (Wildman–Crippen LogP) is 3.23. The minimum Gasteiger partial charge on any atom is -0.504 e. The van der Waals surface area contributed by atoms with Crippen LogP contribution in [0.15, 0.2) is 6.07 Å². The van der Waals surface area contributed by atoms with Crippen molar-refractivity contribution in [3.63, 3.8) is 0 Å². The molecule has 158 valence electrons. The molecule has 29 heavy (non-hydrogen) atoms. The van der Waals surface area contributed by atoms with E-state index in [1.165, 1.54) is 30.5 Å². The fourth-order valence-electron chi connectivity index (χ4n) is 6.88. The second-order valence-electron chi connectivity index (χ2n) is 9.79. The number of rotatable bonds is 4. The lowest BCUT2D eigenvalue weighted by Crippen LogP contribution is -2.67. The molecule has 0 amide bonds. The number of ether oxygens (including phenoxy) is 2. The Hall–Kier alpha value is -1.59. The molecule has 4 unspecified atom stereocenters. The molecule has 1 aromatic carbocycles. The molecule has 4 aliphatic rings. The lowest BCUT2D eigenvalue weighted by Gasteiger charge is -2.62. The zero-order valence-corrected chi connectivity index (χ0v) is 18.0. The molecular formula is C24H33NO4. The summed E-state index contributed by atoms with van der Waals surface area (Å²) in [6, 6.07) is 2.37. The van der Waals surface area contributed by atoms with Gasteiger partial charge in [-0.25, -0.2) is 0 Å². The summed E-state index contributed by atoms with van der Waals surface area (Å²) in [5, 5.41) is 11.3. The van der Waals surface area contributed by atoms with Crippen LogP contribution in [0.1, 0.15) is 49.3 Å². The normalized spacial score (nSPS) is 36.5. The summed E-state index contributed by atoms with van der Waals surface area (Å²) in [5.41, 5.74) is 3.07. The predicted molar refractivity (Wildman–Crippen MR) is 111 cm³/mol. The van der Waals surface area contributed by atoms with E-state index >= 15 is 0 Å². The smallest absolute Gasteiger partial charge is 0.165 e. The number of fused-ring (bicyclic) bond motifs is 1. The number of carbonyl (C=O) groups excluding carboxylic acids is 1. The van der Waals surface area contributed by atoms with Crippen LogP contribution in [0.2, 0.25) is 0 Å². The van der Waals surface area contributed by atoms with Crippen LogP contribution < -0.4 is 4.74 Å². The van der Waals surface area contributed by atoms with Gasteiger partial charge in [-0.1, -0.05) is 6.92 Å². The van der Waals surface area contributed by atoms with Crippen molar-refractivity contribution in [1.82, 2.24) is 4.90 Å². The Kier molecular flexibility index (Phi) is 4.48. The summed E-state index contributed by atoms with van der Waals surface area (Å²) in [4.78, 5) is 16.0. The van der Waals surface area contributed by atoms with Crippen LogP contribution in [0.3, 0.4) is 0 Å². The summed E-state index contributed by atoms with van der Waals surface area (Å²) in [7, 11) is 3.27. The molecule has 5 heteroatoms. The van der Waals surface area contributed by atoms with E-state index < -0.39 is 0 Å². The van der Waals surface area contributed by atoms with E-state index in [1.807, 2.05) is 6.07 Å². The lowest BCUT2D eigenvalue weighted by molar-refractivity contribution is -0.151. The number of ketones is 1. The summed E-state index contributed by atoms with van der Waals surface area (Å²) in [6.45, 7) is 6.36. The Morgan fingerprint density at radius 3 is 2.72 bits per heavy atom. The van der Waals surface area contributed by atoms with Gasteiger partial charge in [0.25, 0.3) is 0 Å². The molecule has 5 nitrogen and oxygen atoms in total. The quantitative estimate of drug-likeness (QED) is 0.842. The molecule has 1 heterocycles. The van der Waals surface area contributed by atoms with Crippen LogP contribution in [-0.2, 0) is 21.4 Å². The van der Waals surface area contributed by atoms with E-state index in [0.717, 1.165) is 37.3 Å². The van der Waals surface area contributed by atoms with Crippen molar-refractivity contribution in [1.29, 1.82) is 0 Å². The second-order valence-corrected chi connectivity index (χ2v) is 9.79. The maximum atomic E-state index is 13.3. The number of phenolic OH excluding ortho intramolecular Hbond substituents is 1. The first-order chi connectivity index (χ1) is 13.9. The number of likely N-dealkylation sites (tertiary alicyclic amines) is 1. The van der Waals surface area contributed by atoms with Crippen molar-refractivity contribution in [2.75, 3.05) is 27.3 Å². The van der Waals surface area contributed by atoms with Gasteiger partial charge in [0.2, 0.25) is 0 Å². The van der Waals surface area contributed by atoms with Gasteiger partial charge in [-0.15, -0.1) is 0 Å². The van der Waals surface area contributed by atoms with Crippen molar-refractivity contribution in [2.45, 2.75) is 63.5 Å². The number of aromatic hydroxyl groups is 1. The third kappa shape index (κ3) is 2.63. The molecule has 1 N–H and O–H groups in total. The van der Waals surface area contributed by atoms with Crippen molar-refractivity contribution < 1.29 is 19.4 Å². The molecule has 3 fully saturated rings. The van der Waals surface area contributed by atoms with Crippen molar-refractivity contribution in [2.24, 2.45) is 17.8 Å². The number of piperidine rings is 1. The molecule has 2 bridgehead atoms. The molecule has 1 saturated heterocycles. The molecule has 1 aromatic rings. The molecule has 0 spiro atoms. The minimum absolute atomic E-state index is 0.173. The minimum atomic E-state index is -0.332. The lowest BCUT2D eigenvalue weighted by atomic mass is 9.47. The van der Waals surface area contributed by atoms with Crippen LogP contribution in [-0.4, -0.2) is 55.2 Å². The first kappa shape index (κ1) is 19.4. The topological polar surface area (TPSA) is 59.0 Å². The molecule has 5 atom stereocenters. The van der Waals surface area contributed by atoms with E-state index in [2.05, 4.69) is 18.7 Å². The van der Waals surface area contributed by atoms with Gasteiger partial charge in [0.1, 0.15) is 6.10 Å². The average molecular weight is 400 g/mol. The van der Waals surface area contributed by atoms with Crippen molar-refractivity contribution in [3.05, 3.63) is 22.8 Å². The fraction of sp³-hybridized carbons (Fsp3) is 0.708. The Morgan fingerprint density at radius 2 is 2.07 bits per heavy atom. The fourth-order valence-corrected chi connectivity index (χ4v) is 6.88. The highest BCUT2D eigenvalue weighted by atomic mass is 16.5. The van der Waals surface area contributed by atoms with E-state index in [9.17, 15) is 9.90 Å². The number of hydrogen-bond donors (Lipinski definition) is 1. The Balaban J connectivity index is 1.70. The first-order valence-corrected chi connectivity index (χ1v) is 11.1. The van der Waals surface area contributed by atoms with Gasteiger partial charge in [-0.2, -0.15) is 0 Å². The zero-order valence-electron chi connectivity index (χ0n) is 18.0. The van der Waals surface area contributed by atoms with Crippen LogP contribution >= 0.6 is 0 Å². The summed E-state index contributed by atoms with van der Waals surface area (Å²) >= 11 is 0. The number of methoxy groups -OCH3 is 2. The Bertz CT molecular complexity index is 848. The van der Waals surface area contributed by atoms with E-state index in [0.29, 0.717) is 17.7 Å². The highest BCUT2D eigenvalue weighted by Gasteiger charge is 2.62. The summed E-state index contributed by atoms with van der Waals surface area (Å²) in [5.74, 6) is 1.95. The molecule has 2 saturated carbocycles. The van der Waals surface area contributed by atoms with E-state index in [1.54, 1.807) is 14.2 Å². The number of carbonyl (C=O) groups is 1. The van der Waals surface area contributed by atoms with Gasteiger partial charge in [0.15, 0.2) is 17.3 Å². The average Bonchev–Trinajstić information content (AvgIpc) is 3.53. The standard InChI is InChI=1S/C24H33NO4/c1-13-9-19(28-3)23(27)21-16(13)10-18-17-11-20(29-4)22(26)14(2)24(17,21)7-8-25(18)12-15-5-6-15/h9,14-15,17-18,20,27H,5-8,10-12H2,1-4H3/t14?,17?,18?,20?,24-/m1/s1. The molecule has 3 aliphatic carbocycles. The number of hydrogen-bond acceptors (Lipinski definition) is 5. The second kappa shape index (κ2) is 6.71. The highest BCUT2D eigenvalue weighted by Crippen LogP contribution is 2.61. The number of nitrogens with zero attached hydrogens (tertiary/aromatic N) is 1. The first-order valence-electron chi connectivity index (χ1n) is 11.1. The van der Waals surface area contributed by atoms with Gasteiger partial charge >= 0.3 is 0 Å². The van der Waals surface area contributed by atoms with Crippen molar-refractivity contribution >= 4 is 5.78 Å². The number of phenols is 1. The van der Waals surface area contributed by atoms with Gasteiger partial charge in [0, 0.05) is 36.6 Å². The van der Waals surface area contributed by atoms with E-state index in [4.69, 9.17) is 9.47 Å². The summed E-state index contributed by atoms with van der Waals surface area (Å²) < 4.78 is 11.2. The maximum Gasteiger partial charge on any atom is 0.165 e. The Morgan fingerprint density at radius 1 is 1.31 bits per heavy atom. The van der Waals surface area contributed by atoms with Crippen molar-refractivity contribution in [3.8, 4) is 11.5 Å². The number of Topliss-reactive ketones (excluding diaryl/α,β-unsaturated/α-hetero) is 1. The van der Waals surface area contributed by atoms with Gasteiger partial charge in [0.05, 0.1) is 7.11 Å². The van der Waals surface area contributed by atoms with Crippen LogP contribution in [0, 0.1) is 24.7 Å². The number of aryl methyl sites for hydroxylation is 1. The molecule has 5 rings (SSSR count). The summed E-state index contributed by atoms with van der Waals surface area (Å²) in [6.07, 6.45) is 4.97. The van der Waals surface area contributed by atoms with Crippen LogP contribution in [0.5, 0.6) is 11.5 Å².